The molecular weight excluding hydrogens is 346 g/mol. The Balaban J connectivity index is 2.31. The second-order valence-corrected chi connectivity index (χ2v) is 6.25. The van der Waals surface area contributed by atoms with Gasteiger partial charge in [-0.2, -0.15) is 0 Å². The molecule has 0 saturated carbocycles. The monoisotopic (exact) mass is 369 g/mol. The van der Waals surface area contributed by atoms with Crippen LogP contribution in [0.25, 0.3) is 0 Å². The Labute approximate surface area is 161 Å². The van der Waals surface area contributed by atoms with Crippen LogP contribution in [0.1, 0.15) is 23.6 Å². The number of halogens is 1. The average molecular weight is 370 g/mol. The van der Waals surface area contributed by atoms with Crippen LogP contribution in [0.3, 0.4) is 0 Å². The van der Waals surface area contributed by atoms with Crippen molar-refractivity contribution in [3.8, 4) is 23.8 Å². The number of anilines is 1. The minimum Gasteiger partial charge on any atom is -0.490 e. The zero-order valence-electron chi connectivity index (χ0n) is 15.3. The topological polar surface area (TPSA) is 30.5 Å². The third kappa shape index (κ3) is 5.21. The molecule has 0 bridgehead atoms. The number of benzene rings is 2. The number of aryl methyl sites for hydroxylation is 1. The summed E-state index contributed by atoms with van der Waals surface area (Å²) in [6.07, 6.45) is 7.85. The molecular formula is C22H24ClNO2. The van der Waals surface area contributed by atoms with E-state index in [2.05, 4.69) is 23.9 Å². The maximum Gasteiger partial charge on any atom is 0.166 e. The first-order chi connectivity index (χ1) is 12.6. The molecule has 0 radical (unpaired) electrons. The standard InChI is InChI=1S/C22H24ClNO2/c1-5-8-18-12-17(13-21(25-7-3)22(18)26-11-6-2)15-24-20-14-19(23)10-9-16(20)4/h2,5,9-10,12-14,24H,1,7-8,11,15H2,3-4H3. The van der Waals surface area contributed by atoms with Crippen molar-refractivity contribution in [1.82, 2.24) is 0 Å². The van der Waals surface area contributed by atoms with E-state index in [1.165, 1.54) is 0 Å². The summed E-state index contributed by atoms with van der Waals surface area (Å²) in [6, 6.07) is 9.87. The Morgan fingerprint density at radius 2 is 2.08 bits per heavy atom. The lowest BCUT2D eigenvalue weighted by Gasteiger charge is -2.17. The fourth-order valence-corrected chi connectivity index (χ4v) is 2.83. The largest absolute Gasteiger partial charge is 0.490 e. The predicted octanol–water partition coefficient (Wildman–Crippen LogP) is 5.40. The molecule has 0 aliphatic heterocycles. The van der Waals surface area contributed by atoms with Crippen LogP contribution in [0, 0.1) is 19.3 Å². The van der Waals surface area contributed by atoms with E-state index >= 15 is 0 Å². The van der Waals surface area contributed by atoms with Gasteiger partial charge < -0.3 is 14.8 Å². The lowest BCUT2D eigenvalue weighted by Crippen LogP contribution is -2.06. The first-order valence-corrected chi connectivity index (χ1v) is 8.92. The highest BCUT2D eigenvalue weighted by Crippen LogP contribution is 2.34. The SMILES string of the molecule is C#CCOc1c(CC=C)cc(CNc2cc(Cl)ccc2C)cc1OCC. The molecule has 0 saturated heterocycles. The molecule has 0 aromatic heterocycles. The van der Waals surface area contributed by atoms with Crippen LogP contribution in [-0.2, 0) is 13.0 Å². The van der Waals surface area contributed by atoms with Crippen molar-refractivity contribution in [3.63, 3.8) is 0 Å². The molecule has 0 spiro atoms. The van der Waals surface area contributed by atoms with Crippen molar-refractivity contribution < 1.29 is 9.47 Å². The molecule has 2 aromatic rings. The fourth-order valence-electron chi connectivity index (χ4n) is 2.65. The maximum absolute atomic E-state index is 6.10. The quantitative estimate of drug-likeness (QED) is 0.474. The number of allylic oxidation sites excluding steroid dienone is 1. The molecule has 1 N–H and O–H groups in total. The summed E-state index contributed by atoms with van der Waals surface area (Å²) in [5, 5.41) is 4.14. The minimum atomic E-state index is 0.198. The summed E-state index contributed by atoms with van der Waals surface area (Å²) in [5.41, 5.74) is 4.23. The molecule has 0 aliphatic rings. The Kier molecular flexibility index (Phi) is 7.44. The van der Waals surface area contributed by atoms with Crippen molar-refractivity contribution >= 4 is 17.3 Å². The van der Waals surface area contributed by atoms with Gasteiger partial charge in [0.2, 0.25) is 0 Å². The molecule has 0 unspecified atom stereocenters. The van der Waals surface area contributed by atoms with Gasteiger partial charge in [0, 0.05) is 22.8 Å². The van der Waals surface area contributed by atoms with E-state index in [-0.39, 0.29) is 6.61 Å². The van der Waals surface area contributed by atoms with Crippen molar-refractivity contribution in [2.45, 2.75) is 26.8 Å². The number of hydrogen-bond acceptors (Lipinski definition) is 3. The Hall–Kier alpha value is -2.57. The van der Waals surface area contributed by atoms with Crippen molar-refractivity contribution in [3.05, 3.63) is 64.7 Å². The first-order valence-electron chi connectivity index (χ1n) is 8.54. The fraction of sp³-hybridized carbons (Fsp3) is 0.273. The van der Waals surface area contributed by atoms with Gasteiger partial charge in [-0.3, -0.25) is 0 Å². The summed E-state index contributed by atoms with van der Waals surface area (Å²) >= 11 is 6.10. The lowest BCUT2D eigenvalue weighted by atomic mass is 10.0. The summed E-state index contributed by atoms with van der Waals surface area (Å²) in [5.74, 6) is 3.88. The highest BCUT2D eigenvalue weighted by molar-refractivity contribution is 6.30. The second-order valence-electron chi connectivity index (χ2n) is 5.81. The number of ether oxygens (including phenoxy) is 2. The number of terminal acetylenes is 1. The first kappa shape index (κ1) is 19.8. The predicted molar refractivity (Wildman–Crippen MR) is 109 cm³/mol. The number of rotatable bonds is 9. The molecule has 0 heterocycles. The average Bonchev–Trinajstić information content (AvgIpc) is 2.62. The van der Waals surface area contributed by atoms with Gasteiger partial charge in [0.05, 0.1) is 6.61 Å². The molecule has 0 aliphatic carbocycles. The summed E-state index contributed by atoms with van der Waals surface area (Å²) in [7, 11) is 0. The molecule has 2 rings (SSSR count). The zero-order chi connectivity index (χ0) is 18.9. The van der Waals surface area contributed by atoms with Crippen LogP contribution in [0.5, 0.6) is 11.5 Å². The van der Waals surface area contributed by atoms with E-state index in [4.69, 9.17) is 27.5 Å². The Bertz CT molecular complexity index is 809. The Morgan fingerprint density at radius 3 is 2.77 bits per heavy atom. The van der Waals surface area contributed by atoms with Crippen molar-refractivity contribution in [2.75, 3.05) is 18.5 Å². The van der Waals surface area contributed by atoms with Crippen LogP contribution in [0.4, 0.5) is 5.69 Å². The van der Waals surface area contributed by atoms with Gasteiger partial charge in [-0.15, -0.1) is 13.0 Å². The molecule has 4 heteroatoms. The van der Waals surface area contributed by atoms with Gasteiger partial charge in [0.1, 0.15) is 6.61 Å². The van der Waals surface area contributed by atoms with Crippen LogP contribution in [0.15, 0.2) is 43.0 Å². The van der Waals surface area contributed by atoms with E-state index in [9.17, 15) is 0 Å². The van der Waals surface area contributed by atoms with E-state index < -0.39 is 0 Å². The van der Waals surface area contributed by atoms with Gasteiger partial charge in [-0.05, 0) is 55.7 Å². The molecule has 0 amide bonds. The molecule has 3 nitrogen and oxygen atoms in total. The van der Waals surface area contributed by atoms with Gasteiger partial charge >= 0.3 is 0 Å². The van der Waals surface area contributed by atoms with E-state index in [1.54, 1.807) is 0 Å². The van der Waals surface area contributed by atoms with Crippen LogP contribution in [0.2, 0.25) is 5.02 Å². The van der Waals surface area contributed by atoms with E-state index in [0.717, 1.165) is 22.4 Å². The normalized spacial score (nSPS) is 10.1. The van der Waals surface area contributed by atoms with Crippen molar-refractivity contribution in [1.29, 1.82) is 0 Å². The lowest BCUT2D eigenvalue weighted by molar-refractivity contribution is 0.297. The van der Waals surface area contributed by atoms with Gasteiger partial charge in [0.25, 0.3) is 0 Å². The molecule has 0 fully saturated rings. The zero-order valence-corrected chi connectivity index (χ0v) is 16.0. The molecule has 0 atom stereocenters. The van der Waals surface area contributed by atoms with Crippen LogP contribution in [-0.4, -0.2) is 13.2 Å². The Morgan fingerprint density at radius 1 is 1.27 bits per heavy atom. The molecule has 2 aromatic carbocycles. The molecule has 26 heavy (non-hydrogen) atoms. The van der Waals surface area contributed by atoms with Gasteiger partial charge in [0.15, 0.2) is 11.5 Å². The van der Waals surface area contributed by atoms with Gasteiger partial charge in [-0.25, -0.2) is 0 Å². The summed E-state index contributed by atoms with van der Waals surface area (Å²) in [6.45, 7) is 9.20. The van der Waals surface area contributed by atoms with Crippen LogP contribution >= 0.6 is 11.6 Å². The summed E-state index contributed by atoms with van der Waals surface area (Å²) in [4.78, 5) is 0. The minimum absolute atomic E-state index is 0.198. The maximum atomic E-state index is 6.10. The smallest absolute Gasteiger partial charge is 0.166 e. The highest BCUT2D eigenvalue weighted by atomic mass is 35.5. The van der Waals surface area contributed by atoms with Crippen molar-refractivity contribution in [2.24, 2.45) is 0 Å². The van der Waals surface area contributed by atoms with Crippen LogP contribution < -0.4 is 14.8 Å². The summed E-state index contributed by atoms with van der Waals surface area (Å²) < 4.78 is 11.5. The number of hydrogen-bond donors (Lipinski definition) is 1. The highest BCUT2D eigenvalue weighted by Gasteiger charge is 2.13. The second kappa shape index (κ2) is 9.79. The molecule has 136 valence electrons. The number of nitrogens with one attached hydrogen (secondary N) is 1. The third-order valence-electron chi connectivity index (χ3n) is 3.84. The van der Waals surface area contributed by atoms with E-state index in [1.807, 2.05) is 44.2 Å². The third-order valence-corrected chi connectivity index (χ3v) is 4.07. The van der Waals surface area contributed by atoms with Gasteiger partial charge in [-0.1, -0.05) is 29.7 Å². The van der Waals surface area contributed by atoms with E-state index in [0.29, 0.717) is 36.1 Å².